The lowest BCUT2D eigenvalue weighted by Gasteiger charge is -2.18. The monoisotopic (exact) mass is 274 g/mol. The van der Waals surface area contributed by atoms with Gasteiger partial charge >= 0.3 is 5.97 Å². The molecule has 0 saturated carbocycles. The number of aliphatic carboxylic acids is 1. The van der Waals surface area contributed by atoms with Crippen LogP contribution in [0, 0.1) is 5.41 Å². The first-order valence-electron chi connectivity index (χ1n) is 6.47. The standard InChI is InChI=1S/C15H18N2O3/c1-15(14(19)20)7-8-17(10-15)13(18)6-5-11-3-2-4-12(16)9-11/h2-6,9H,7-8,10,16H2,1H3,(H,19,20)/b6-5+. The molecule has 1 aromatic rings. The van der Waals surface area contributed by atoms with Crippen molar-refractivity contribution >= 4 is 23.6 Å². The van der Waals surface area contributed by atoms with Crippen LogP contribution >= 0.6 is 0 Å². The molecule has 1 atom stereocenters. The number of benzene rings is 1. The van der Waals surface area contributed by atoms with Gasteiger partial charge in [0.15, 0.2) is 0 Å². The molecule has 1 heterocycles. The Hall–Kier alpha value is -2.30. The molecule has 0 radical (unpaired) electrons. The summed E-state index contributed by atoms with van der Waals surface area (Å²) in [5.74, 6) is -1.02. The first-order valence-corrected chi connectivity index (χ1v) is 6.47. The van der Waals surface area contributed by atoms with E-state index in [-0.39, 0.29) is 12.5 Å². The quantitative estimate of drug-likeness (QED) is 0.648. The summed E-state index contributed by atoms with van der Waals surface area (Å²) in [7, 11) is 0. The van der Waals surface area contributed by atoms with Crippen molar-refractivity contribution in [1.82, 2.24) is 4.90 Å². The second kappa shape index (κ2) is 5.36. The van der Waals surface area contributed by atoms with E-state index in [0.717, 1.165) is 5.56 Å². The van der Waals surface area contributed by atoms with E-state index in [2.05, 4.69) is 0 Å². The summed E-state index contributed by atoms with van der Waals surface area (Å²) in [6.45, 7) is 2.40. The lowest BCUT2D eigenvalue weighted by molar-refractivity contribution is -0.147. The number of carboxylic acids is 1. The van der Waals surface area contributed by atoms with Crippen molar-refractivity contribution in [3.8, 4) is 0 Å². The molecule has 1 saturated heterocycles. The maximum atomic E-state index is 12.0. The third-order valence-electron chi connectivity index (χ3n) is 3.63. The fourth-order valence-electron chi connectivity index (χ4n) is 2.26. The third kappa shape index (κ3) is 2.99. The number of carbonyl (C=O) groups is 2. The number of nitrogen functional groups attached to an aromatic ring is 1. The van der Waals surface area contributed by atoms with Gasteiger partial charge in [0.1, 0.15) is 0 Å². The molecule has 0 spiro atoms. The van der Waals surface area contributed by atoms with E-state index < -0.39 is 11.4 Å². The molecule has 1 aromatic carbocycles. The average molecular weight is 274 g/mol. The van der Waals surface area contributed by atoms with E-state index in [0.29, 0.717) is 18.7 Å². The highest BCUT2D eigenvalue weighted by molar-refractivity contribution is 5.92. The van der Waals surface area contributed by atoms with Crippen LogP contribution in [0.4, 0.5) is 5.69 Å². The number of carboxylic acid groups (broad SMARTS) is 1. The molecule has 0 bridgehead atoms. The number of hydrogen-bond acceptors (Lipinski definition) is 3. The summed E-state index contributed by atoms with van der Waals surface area (Å²) < 4.78 is 0. The van der Waals surface area contributed by atoms with Gasteiger partial charge in [0.05, 0.1) is 5.41 Å². The SMILES string of the molecule is CC1(C(=O)O)CCN(C(=O)/C=C/c2cccc(N)c2)C1. The Morgan fingerprint density at radius 2 is 2.20 bits per heavy atom. The molecule has 1 aliphatic rings. The van der Waals surface area contributed by atoms with Crippen molar-refractivity contribution in [2.45, 2.75) is 13.3 Å². The van der Waals surface area contributed by atoms with E-state index in [1.807, 2.05) is 12.1 Å². The Bertz CT molecular complexity index is 568. The zero-order chi connectivity index (χ0) is 14.8. The largest absolute Gasteiger partial charge is 0.481 e. The second-order valence-electron chi connectivity index (χ2n) is 5.38. The predicted octanol–water partition coefficient (Wildman–Crippen LogP) is 1.61. The number of nitrogens with two attached hydrogens (primary N) is 1. The first kappa shape index (κ1) is 14.1. The van der Waals surface area contributed by atoms with Gasteiger partial charge in [-0.25, -0.2) is 0 Å². The molecule has 3 N–H and O–H groups in total. The first-order chi connectivity index (χ1) is 9.40. The molecule has 1 amide bonds. The van der Waals surface area contributed by atoms with Crippen molar-refractivity contribution in [2.24, 2.45) is 5.41 Å². The highest BCUT2D eigenvalue weighted by Gasteiger charge is 2.41. The van der Waals surface area contributed by atoms with Gasteiger partial charge in [-0.3, -0.25) is 9.59 Å². The topological polar surface area (TPSA) is 83.6 Å². The molecule has 0 aromatic heterocycles. The summed E-state index contributed by atoms with van der Waals surface area (Å²) in [6, 6.07) is 7.22. The van der Waals surface area contributed by atoms with Crippen molar-refractivity contribution in [3.05, 3.63) is 35.9 Å². The number of hydrogen-bond donors (Lipinski definition) is 2. The van der Waals surface area contributed by atoms with Gasteiger partial charge in [-0.2, -0.15) is 0 Å². The van der Waals surface area contributed by atoms with Crippen LogP contribution < -0.4 is 5.73 Å². The number of likely N-dealkylation sites (tertiary alicyclic amines) is 1. The summed E-state index contributed by atoms with van der Waals surface area (Å²) in [6.07, 6.45) is 3.64. The van der Waals surface area contributed by atoms with E-state index >= 15 is 0 Å². The Morgan fingerprint density at radius 3 is 2.80 bits per heavy atom. The Balaban J connectivity index is 2.01. The normalized spacial score (nSPS) is 22.4. The van der Waals surface area contributed by atoms with E-state index in [4.69, 9.17) is 10.8 Å². The Kier molecular flexibility index (Phi) is 3.79. The van der Waals surface area contributed by atoms with Crippen LogP contribution in [0.25, 0.3) is 6.08 Å². The van der Waals surface area contributed by atoms with Crippen LogP contribution in [0.5, 0.6) is 0 Å². The molecule has 106 valence electrons. The minimum Gasteiger partial charge on any atom is -0.481 e. The maximum Gasteiger partial charge on any atom is 0.311 e. The second-order valence-corrected chi connectivity index (χ2v) is 5.38. The van der Waals surface area contributed by atoms with Crippen LogP contribution in [0.2, 0.25) is 0 Å². The Morgan fingerprint density at radius 1 is 1.45 bits per heavy atom. The van der Waals surface area contributed by atoms with Crippen LogP contribution in [0.3, 0.4) is 0 Å². The molecule has 20 heavy (non-hydrogen) atoms. The number of amides is 1. The molecule has 0 aliphatic carbocycles. The van der Waals surface area contributed by atoms with E-state index in [9.17, 15) is 9.59 Å². The highest BCUT2D eigenvalue weighted by Crippen LogP contribution is 2.30. The number of anilines is 1. The minimum atomic E-state index is -0.854. The van der Waals surface area contributed by atoms with Crippen LogP contribution in [0.1, 0.15) is 18.9 Å². The molecule has 1 fully saturated rings. The predicted molar refractivity (Wildman–Crippen MR) is 76.8 cm³/mol. The molecular weight excluding hydrogens is 256 g/mol. The number of nitrogens with zero attached hydrogens (tertiary/aromatic N) is 1. The number of rotatable bonds is 3. The lowest BCUT2D eigenvalue weighted by atomic mass is 9.90. The maximum absolute atomic E-state index is 12.0. The molecule has 2 rings (SSSR count). The number of carbonyl (C=O) groups excluding carboxylic acids is 1. The summed E-state index contributed by atoms with van der Waals surface area (Å²) in [5.41, 5.74) is 6.31. The van der Waals surface area contributed by atoms with Gasteiger partial charge in [0.25, 0.3) is 0 Å². The average Bonchev–Trinajstić information content (AvgIpc) is 2.80. The zero-order valence-electron chi connectivity index (χ0n) is 11.4. The summed E-state index contributed by atoms with van der Waals surface area (Å²) >= 11 is 0. The van der Waals surface area contributed by atoms with Crippen molar-refractivity contribution in [2.75, 3.05) is 18.8 Å². The highest BCUT2D eigenvalue weighted by atomic mass is 16.4. The van der Waals surface area contributed by atoms with Gasteiger partial charge in [-0.1, -0.05) is 12.1 Å². The van der Waals surface area contributed by atoms with Gasteiger partial charge in [0, 0.05) is 24.9 Å². The minimum absolute atomic E-state index is 0.169. The fraction of sp³-hybridized carbons (Fsp3) is 0.333. The van der Waals surface area contributed by atoms with Crippen LogP contribution in [-0.4, -0.2) is 35.0 Å². The van der Waals surface area contributed by atoms with Crippen molar-refractivity contribution < 1.29 is 14.7 Å². The Labute approximate surface area is 117 Å². The van der Waals surface area contributed by atoms with Crippen LogP contribution in [0.15, 0.2) is 30.3 Å². The third-order valence-corrected chi connectivity index (χ3v) is 3.63. The molecule has 1 unspecified atom stereocenters. The van der Waals surface area contributed by atoms with E-state index in [1.165, 1.54) is 6.08 Å². The van der Waals surface area contributed by atoms with Gasteiger partial charge in [0.2, 0.25) is 5.91 Å². The zero-order valence-corrected chi connectivity index (χ0v) is 11.4. The molecule has 5 heteroatoms. The van der Waals surface area contributed by atoms with Crippen LogP contribution in [-0.2, 0) is 9.59 Å². The van der Waals surface area contributed by atoms with Crippen molar-refractivity contribution in [3.63, 3.8) is 0 Å². The molecule has 1 aliphatic heterocycles. The molecule has 5 nitrogen and oxygen atoms in total. The lowest BCUT2D eigenvalue weighted by Crippen LogP contribution is -2.34. The van der Waals surface area contributed by atoms with Gasteiger partial charge in [-0.15, -0.1) is 0 Å². The summed E-state index contributed by atoms with van der Waals surface area (Å²) in [4.78, 5) is 24.7. The van der Waals surface area contributed by atoms with E-state index in [1.54, 1.807) is 30.0 Å². The van der Waals surface area contributed by atoms with Crippen molar-refractivity contribution in [1.29, 1.82) is 0 Å². The van der Waals surface area contributed by atoms with Gasteiger partial charge in [-0.05, 0) is 37.1 Å². The van der Waals surface area contributed by atoms with Gasteiger partial charge < -0.3 is 15.7 Å². The molecular formula is C15H18N2O3. The fourth-order valence-corrected chi connectivity index (χ4v) is 2.26. The smallest absolute Gasteiger partial charge is 0.311 e. The summed E-state index contributed by atoms with van der Waals surface area (Å²) in [5, 5.41) is 9.14.